The third-order valence-electron chi connectivity index (χ3n) is 3.46. The molecule has 0 unspecified atom stereocenters. The SMILES string of the molecule is CCN(CC)CCCN1CCO[C@H](C(=O)OC)C1. The first kappa shape index (κ1) is 15.4. The van der Waals surface area contributed by atoms with Crippen LogP contribution in [0.4, 0.5) is 0 Å². The Bertz CT molecular complexity index is 244. The minimum absolute atomic E-state index is 0.261. The maximum Gasteiger partial charge on any atom is 0.336 e. The molecule has 0 aliphatic carbocycles. The number of hydrogen-bond acceptors (Lipinski definition) is 5. The van der Waals surface area contributed by atoms with Crippen LogP contribution >= 0.6 is 0 Å². The van der Waals surface area contributed by atoms with Gasteiger partial charge in [-0.25, -0.2) is 4.79 Å². The summed E-state index contributed by atoms with van der Waals surface area (Å²) >= 11 is 0. The Balaban J connectivity index is 2.24. The van der Waals surface area contributed by atoms with Gasteiger partial charge in [0.25, 0.3) is 0 Å². The van der Waals surface area contributed by atoms with Gasteiger partial charge >= 0.3 is 5.97 Å². The summed E-state index contributed by atoms with van der Waals surface area (Å²) in [6.45, 7) is 10.9. The van der Waals surface area contributed by atoms with Gasteiger partial charge in [0, 0.05) is 13.1 Å². The highest BCUT2D eigenvalue weighted by atomic mass is 16.6. The summed E-state index contributed by atoms with van der Waals surface area (Å²) in [6, 6.07) is 0. The van der Waals surface area contributed by atoms with Gasteiger partial charge in [0.05, 0.1) is 13.7 Å². The van der Waals surface area contributed by atoms with Crippen LogP contribution in [-0.2, 0) is 14.3 Å². The Morgan fingerprint density at radius 3 is 2.78 bits per heavy atom. The first-order valence-electron chi connectivity index (χ1n) is 6.85. The largest absolute Gasteiger partial charge is 0.467 e. The Hall–Kier alpha value is -0.650. The van der Waals surface area contributed by atoms with Crippen molar-refractivity contribution in [3.63, 3.8) is 0 Å². The van der Waals surface area contributed by atoms with Gasteiger partial charge in [0.15, 0.2) is 6.10 Å². The number of rotatable bonds is 7. The molecule has 1 aliphatic rings. The van der Waals surface area contributed by atoms with Gasteiger partial charge in [0.2, 0.25) is 0 Å². The van der Waals surface area contributed by atoms with Gasteiger partial charge in [-0.3, -0.25) is 4.90 Å². The lowest BCUT2D eigenvalue weighted by atomic mass is 10.2. The minimum Gasteiger partial charge on any atom is -0.467 e. The van der Waals surface area contributed by atoms with Crippen molar-refractivity contribution in [2.24, 2.45) is 0 Å². The van der Waals surface area contributed by atoms with Crippen molar-refractivity contribution in [2.75, 3.05) is 53.0 Å². The zero-order chi connectivity index (χ0) is 13.4. The molecule has 0 N–H and O–H groups in total. The minimum atomic E-state index is -0.405. The molecule has 1 saturated heterocycles. The van der Waals surface area contributed by atoms with Crippen LogP contribution in [0.2, 0.25) is 0 Å². The highest BCUT2D eigenvalue weighted by molar-refractivity contribution is 5.74. The lowest BCUT2D eigenvalue weighted by Crippen LogP contribution is -2.47. The Kier molecular flexibility index (Phi) is 7.23. The zero-order valence-corrected chi connectivity index (χ0v) is 11.9. The van der Waals surface area contributed by atoms with Crippen LogP contribution in [0, 0.1) is 0 Å². The number of methoxy groups -OCH3 is 1. The summed E-state index contributed by atoms with van der Waals surface area (Å²) in [5, 5.41) is 0. The summed E-state index contributed by atoms with van der Waals surface area (Å²) < 4.78 is 10.1. The lowest BCUT2D eigenvalue weighted by molar-refractivity contribution is -0.159. The average Bonchev–Trinajstić information content (AvgIpc) is 2.43. The van der Waals surface area contributed by atoms with E-state index >= 15 is 0 Å². The molecule has 0 amide bonds. The fraction of sp³-hybridized carbons (Fsp3) is 0.923. The monoisotopic (exact) mass is 258 g/mol. The molecular weight excluding hydrogens is 232 g/mol. The van der Waals surface area contributed by atoms with E-state index in [0.29, 0.717) is 13.2 Å². The van der Waals surface area contributed by atoms with E-state index in [4.69, 9.17) is 9.47 Å². The number of ether oxygens (including phenoxy) is 2. The first-order valence-corrected chi connectivity index (χ1v) is 6.85. The second kappa shape index (κ2) is 8.45. The summed E-state index contributed by atoms with van der Waals surface area (Å²) in [4.78, 5) is 16.1. The number of nitrogens with zero attached hydrogens (tertiary/aromatic N) is 2. The van der Waals surface area contributed by atoms with Crippen molar-refractivity contribution in [3.05, 3.63) is 0 Å². The first-order chi connectivity index (χ1) is 8.71. The second-order valence-corrected chi connectivity index (χ2v) is 4.56. The third-order valence-corrected chi connectivity index (χ3v) is 3.46. The molecule has 1 atom stereocenters. The number of hydrogen-bond donors (Lipinski definition) is 0. The molecule has 0 bridgehead atoms. The molecule has 1 heterocycles. The summed E-state index contributed by atoms with van der Waals surface area (Å²) in [6.07, 6.45) is 0.729. The van der Waals surface area contributed by atoms with Gasteiger partial charge in [0.1, 0.15) is 0 Å². The van der Waals surface area contributed by atoms with E-state index in [1.54, 1.807) is 0 Å². The van der Waals surface area contributed by atoms with Crippen LogP contribution in [0.15, 0.2) is 0 Å². The van der Waals surface area contributed by atoms with Crippen molar-refractivity contribution >= 4 is 5.97 Å². The molecule has 106 valence electrons. The second-order valence-electron chi connectivity index (χ2n) is 4.56. The molecule has 0 saturated carbocycles. The molecule has 5 nitrogen and oxygen atoms in total. The van der Waals surface area contributed by atoms with Crippen LogP contribution in [0.1, 0.15) is 20.3 Å². The van der Waals surface area contributed by atoms with E-state index in [-0.39, 0.29) is 5.97 Å². The smallest absolute Gasteiger partial charge is 0.336 e. The van der Waals surface area contributed by atoms with Crippen molar-refractivity contribution in [1.82, 2.24) is 9.80 Å². The maximum atomic E-state index is 11.4. The molecule has 0 aromatic heterocycles. The van der Waals surface area contributed by atoms with Gasteiger partial charge in [-0.05, 0) is 32.6 Å². The summed E-state index contributed by atoms with van der Waals surface area (Å²) in [5.41, 5.74) is 0. The van der Waals surface area contributed by atoms with Crippen LogP contribution in [0.5, 0.6) is 0 Å². The van der Waals surface area contributed by atoms with Crippen molar-refractivity contribution in [1.29, 1.82) is 0 Å². The fourth-order valence-corrected chi connectivity index (χ4v) is 2.24. The van der Waals surface area contributed by atoms with E-state index in [0.717, 1.165) is 39.1 Å². The predicted octanol–water partition coefficient (Wildman–Crippen LogP) is 0.592. The zero-order valence-electron chi connectivity index (χ0n) is 11.9. The number of carbonyl (C=O) groups excluding carboxylic acids is 1. The molecule has 1 fully saturated rings. The molecule has 18 heavy (non-hydrogen) atoms. The average molecular weight is 258 g/mol. The number of morpholine rings is 1. The van der Waals surface area contributed by atoms with Gasteiger partial charge in [-0.15, -0.1) is 0 Å². The van der Waals surface area contributed by atoms with Crippen LogP contribution in [0.3, 0.4) is 0 Å². The maximum absolute atomic E-state index is 11.4. The van der Waals surface area contributed by atoms with Crippen LogP contribution in [-0.4, -0.2) is 74.9 Å². The number of carbonyl (C=O) groups is 1. The standard InChI is InChI=1S/C13H26N2O3/c1-4-14(5-2)7-6-8-15-9-10-18-12(11-15)13(16)17-3/h12H,4-11H2,1-3H3/t12-/m0/s1. The molecule has 1 aliphatic heterocycles. The van der Waals surface area contributed by atoms with Crippen molar-refractivity contribution < 1.29 is 14.3 Å². The van der Waals surface area contributed by atoms with E-state index in [1.807, 2.05) is 0 Å². The normalized spacial score (nSPS) is 21.2. The lowest BCUT2D eigenvalue weighted by Gasteiger charge is -2.31. The van der Waals surface area contributed by atoms with Crippen molar-refractivity contribution in [2.45, 2.75) is 26.4 Å². The molecule has 0 radical (unpaired) electrons. The third kappa shape index (κ3) is 4.92. The van der Waals surface area contributed by atoms with Gasteiger partial charge < -0.3 is 14.4 Å². The fourth-order valence-electron chi connectivity index (χ4n) is 2.24. The topological polar surface area (TPSA) is 42.0 Å². The van der Waals surface area contributed by atoms with E-state index in [9.17, 15) is 4.79 Å². The van der Waals surface area contributed by atoms with E-state index in [1.165, 1.54) is 7.11 Å². The summed E-state index contributed by atoms with van der Waals surface area (Å²) in [5.74, 6) is -0.261. The molecule has 5 heteroatoms. The van der Waals surface area contributed by atoms with Crippen LogP contribution in [0.25, 0.3) is 0 Å². The predicted molar refractivity (Wildman–Crippen MR) is 70.6 cm³/mol. The quantitative estimate of drug-likeness (QED) is 0.625. The van der Waals surface area contributed by atoms with E-state index < -0.39 is 6.10 Å². The molecule has 0 spiro atoms. The van der Waals surface area contributed by atoms with Gasteiger partial charge in [-0.1, -0.05) is 13.8 Å². The van der Waals surface area contributed by atoms with Gasteiger partial charge in [-0.2, -0.15) is 0 Å². The summed E-state index contributed by atoms with van der Waals surface area (Å²) in [7, 11) is 1.41. The molecule has 0 aromatic carbocycles. The Morgan fingerprint density at radius 1 is 1.44 bits per heavy atom. The van der Waals surface area contributed by atoms with E-state index in [2.05, 4.69) is 23.6 Å². The highest BCUT2D eigenvalue weighted by Gasteiger charge is 2.26. The van der Waals surface area contributed by atoms with Crippen molar-refractivity contribution in [3.8, 4) is 0 Å². The van der Waals surface area contributed by atoms with Crippen LogP contribution < -0.4 is 0 Å². The molecule has 1 rings (SSSR count). The Morgan fingerprint density at radius 2 is 2.17 bits per heavy atom. The highest BCUT2D eigenvalue weighted by Crippen LogP contribution is 2.07. The number of esters is 1. The molecular formula is C13H26N2O3. The molecule has 0 aromatic rings. The Labute approximate surface area is 110 Å².